The largest absolute Gasteiger partial charge is 0.427 e. The third-order valence-electron chi connectivity index (χ3n) is 5.46. The van der Waals surface area contributed by atoms with Gasteiger partial charge in [0.1, 0.15) is 5.84 Å². The topological polar surface area (TPSA) is 143 Å². The van der Waals surface area contributed by atoms with Crippen LogP contribution in [0.2, 0.25) is 5.02 Å². The fourth-order valence-corrected chi connectivity index (χ4v) is 3.73. The molecule has 0 aliphatic heterocycles. The minimum atomic E-state index is -0.305. The Morgan fingerprint density at radius 1 is 1.24 bits per heavy atom. The zero-order valence-electron chi connectivity index (χ0n) is 19.2. The van der Waals surface area contributed by atoms with Crippen LogP contribution < -0.4 is 22.3 Å². The molecule has 0 unspecified atom stereocenters. The predicted molar refractivity (Wildman–Crippen MR) is 135 cm³/mol. The second kappa shape index (κ2) is 10.9. The van der Waals surface area contributed by atoms with Crippen molar-refractivity contribution in [1.82, 2.24) is 10.0 Å². The van der Waals surface area contributed by atoms with Crippen molar-refractivity contribution in [2.75, 3.05) is 5.73 Å². The monoisotopic (exact) mass is 480 g/mol. The molecule has 0 saturated carbocycles. The van der Waals surface area contributed by atoms with Gasteiger partial charge in [-0.1, -0.05) is 54.9 Å². The Bertz CT molecular complexity index is 1270. The number of hydrogen-bond acceptors (Lipinski definition) is 5. The summed E-state index contributed by atoms with van der Waals surface area (Å²) < 4.78 is 0.928. The number of hydrogen-bond donors (Lipinski definition) is 5. The van der Waals surface area contributed by atoms with Crippen LogP contribution >= 0.6 is 11.6 Å². The molecule has 3 aromatic rings. The fourth-order valence-electron chi connectivity index (χ4n) is 3.42. The maximum Gasteiger partial charge on any atom is 0.226 e. The average molecular weight is 481 g/mol. The molecule has 0 bridgehead atoms. The molecule has 178 valence electrons. The molecule has 1 aromatic heterocycles. The average Bonchev–Trinajstić information content (AvgIpc) is 2.81. The van der Waals surface area contributed by atoms with Crippen LogP contribution in [0.4, 0.5) is 5.69 Å². The van der Waals surface area contributed by atoms with Gasteiger partial charge in [-0.25, -0.2) is 0 Å². The molecule has 8 nitrogen and oxygen atoms in total. The molecule has 9 heteroatoms. The zero-order valence-corrected chi connectivity index (χ0v) is 19.9. The Morgan fingerprint density at radius 2 is 1.94 bits per heavy atom. The number of amidine groups is 1. The summed E-state index contributed by atoms with van der Waals surface area (Å²) in [6.07, 6.45) is 0.655. The summed E-state index contributed by atoms with van der Waals surface area (Å²) in [5, 5.41) is 21.7. The van der Waals surface area contributed by atoms with E-state index in [4.69, 9.17) is 28.5 Å². The summed E-state index contributed by atoms with van der Waals surface area (Å²) in [7, 11) is 0. The minimum absolute atomic E-state index is 0.0169. The Kier molecular flexibility index (Phi) is 7.96. The highest BCUT2D eigenvalue weighted by Gasteiger charge is 2.19. The Balaban J connectivity index is 1.94. The zero-order chi connectivity index (χ0) is 24.8. The van der Waals surface area contributed by atoms with Crippen LogP contribution in [-0.2, 0) is 17.8 Å². The fraction of sp³-hybridized carbons (Fsp3) is 0.240. The lowest BCUT2D eigenvalue weighted by molar-refractivity contribution is -0.120. The Morgan fingerprint density at radius 3 is 2.56 bits per heavy atom. The third kappa shape index (κ3) is 5.96. The van der Waals surface area contributed by atoms with E-state index in [1.54, 1.807) is 48.5 Å². The molecule has 7 N–H and O–H groups in total. The minimum Gasteiger partial charge on any atom is -0.427 e. The molecule has 34 heavy (non-hydrogen) atoms. The molecule has 0 aliphatic rings. The first-order valence-corrected chi connectivity index (χ1v) is 11.3. The second-order valence-electron chi connectivity index (χ2n) is 8.06. The number of benzene rings is 2. The van der Waals surface area contributed by atoms with E-state index in [9.17, 15) is 10.0 Å². The smallest absolute Gasteiger partial charge is 0.226 e. The number of anilines is 1. The molecule has 0 radical (unpaired) electrons. The highest BCUT2D eigenvalue weighted by atomic mass is 35.5. The van der Waals surface area contributed by atoms with E-state index in [0.29, 0.717) is 33.1 Å². The Labute approximate surface area is 203 Å². The second-order valence-corrected chi connectivity index (χ2v) is 8.47. The normalized spacial score (nSPS) is 12.4. The number of amides is 1. The maximum atomic E-state index is 12.9. The number of nitrogens with one attached hydrogen (secondary N) is 2. The summed E-state index contributed by atoms with van der Waals surface area (Å²) in [4.78, 5) is 17.4. The molecule has 1 atom stereocenters. The van der Waals surface area contributed by atoms with E-state index >= 15 is 0 Å². The van der Waals surface area contributed by atoms with E-state index in [-0.39, 0.29) is 36.2 Å². The molecule has 3 rings (SSSR count). The number of carbonyl (C=O) groups excluding carboxylic acids is 1. The van der Waals surface area contributed by atoms with Gasteiger partial charge in [0.15, 0.2) is 5.49 Å². The molecular formula is C25H29ClN6O2. The Hall–Kier alpha value is -3.78. The summed E-state index contributed by atoms with van der Waals surface area (Å²) in [5.74, 6) is -0.322. The van der Waals surface area contributed by atoms with Crippen LogP contribution in [0.1, 0.15) is 37.1 Å². The van der Waals surface area contributed by atoms with Crippen LogP contribution in [0.25, 0.3) is 11.1 Å². The number of aromatic nitrogens is 1. The van der Waals surface area contributed by atoms with Crippen molar-refractivity contribution >= 4 is 29.0 Å². The molecular weight excluding hydrogens is 452 g/mol. The van der Waals surface area contributed by atoms with Crippen molar-refractivity contribution in [3.63, 3.8) is 0 Å². The third-order valence-corrected chi connectivity index (χ3v) is 5.76. The van der Waals surface area contributed by atoms with Crippen LogP contribution in [0.3, 0.4) is 0 Å². The predicted octanol–water partition coefficient (Wildman–Crippen LogP) is 3.47. The lowest BCUT2D eigenvalue weighted by Crippen LogP contribution is -2.30. The van der Waals surface area contributed by atoms with Crippen molar-refractivity contribution in [3.05, 3.63) is 81.9 Å². The first-order valence-electron chi connectivity index (χ1n) is 10.9. The number of carbonyl (C=O) groups is 1. The van der Waals surface area contributed by atoms with Gasteiger partial charge in [0.05, 0.1) is 17.1 Å². The number of rotatable bonds is 8. The summed E-state index contributed by atoms with van der Waals surface area (Å²) >= 11 is 6.63. The van der Waals surface area contributed by atoms with Gasteiger partial charge in [0, 0.05) is 35.5 Å². The molecule has 1 amide bonds. The van der Waals surface area contributed by atoms with Crippen molar-refractivity contribution < 1.29 is 10.0 Å². The summed E-state index contributed by atoms with van der Waals surface area (Å²) in [6, 6.07) is 15.7. The van der Waals surface area contributed by atoms with Gasteiger partial charge in [0.2, 0.25) is 5.91 Å². The van der Waals surface area contributed by atoms with Crippen LogP contribution in [0, 0.1) is 5.41 Å². The summed E-state index contributed by atoms with van der Waals surface area (Å²) in [6.45, 7) is 4.21. The van der Waals surface area contributed by atoms with Crippen LogP contribution in [-0.4, -0.2) is 27.7 Å². The first-order chi connectivity index (χ1) is 16.2. The number of nitrogen functional groups attached to an aromatic ring is 2. The van der Waals surface area contributed by atoms with Crippen molar-refractivity contribution in [3.8, 4) is 11.1 Å². The van der Waals surface area contributed by atoms with E-state index < -0.39 is 0 Å². The lowest BCUT2D eigenvalue weighted by atomic mass is 10.0. The van der Waals surface area contributed by atoms with Crippen molar-refractivity contribution in [2.45, 2.75) is 39.3 Å². The van der Waals surface area contributed by atoms with Gasteiger partial charge in [-0.2, -0.15) is 4.73 Å². The van der Waals surface area contributed by atoms with Crippen molar-refractivity contribution in [1.29, 1.82) is 5.41 Å². The highest BCUT2D eigenvalue weighted by Crippen LogP contribution is 2.31. The van der Waals surface area contributed by atoms with E-state index in [2.05, 4.69) is 10.3 Å². The first kappa shape index (κ1) is 24.9. The molecule has 0 spiro atoms. The van der Waals surface area contributed by atoms with E-state index in [1.165, 1.54) is 0 Å². The van der Waals surface area contributed by atoms with Gasteiger partial charge in [-0.15, -0.1) is 0 Å². The maximum absolute atomic E-state index is 12.9. The highest BCUT2D eigenvalue weighted by molar-refractivity contribution is 6.33. The number of halogens is 1. The molecule has 0 saturated heterocycles. The number of nitrogens with two attached hydrogens (primary N) is 2. The molecule has 2 aromatic carbocycles. The summed E-state index contributed by atoms with van der Waals surface area (Å²) in [5.41, 5.74) is 15.2. The van der Waals surface area contributed by atoms with Gasteiger partial charge in [0.25, 0.3) is 0 Å². The SMILES string of the molecule is CC[C@H](C)N=c1cc(Cl)c(-c2cccc(N)c2)c(CC(=O)NCc2ccc(C(=N)N)cc2)n1O. The lowest BCUT2D eigenvalue weighted by Gasteiger charge is -2.17. The molecule has 0 aliphatic carbocycles. The quantitative estimate of drug-likeness (QED) is 0.145. The number of pyridine rings is 1. The van der Waals surface area contributed by atoms with Gasteiger partial charge < -0.3 is 22.0 Å². The van der Waals surface area contributed by atoms with Gasteiger partial charge in [-0.3, -0.25) is 15.2 Å². The van der Waals surface area contributed by atoms with E-state index in [1.807, 2.05) is 19.9 Å². The van der Waals surface area contributed by atoms with Gasteiger partial charge >= 0.3 is 0 Å². The van der Waals surface area contributed by atoms with Crippen LogP contribution in [0.15, 0.2) is 59.6 Å². The van der Waals surface area contributed by atoms with Crippen molar-refractivity contribution in [2.24, 2.45) is 10.7 Å². The number of nitrogens with zero attached hydrogens (tertiary/aromatic N) is 2. The van der Waals surface area contributed by atoms with E-state index in [0.717, 1.165) is 16.7 Å². The standard InChI is InChI=1S/C25H29ClN6O2/c1-3-15(2)31-22-12-20(26)24(18-5-4-6-19(27)11-18)21(32(22)34)13-23(33)30-14-16-7-9-17(10-8-16)25(28)29/h4-12,15,34H,3,13-14,27H2,1-2H3,(H3,28,29)(H,30,33)/t15-/m0/s1. The molecule has 0 fully saturated rings. The molecule has 1 heterocycles. The van der Waals surface area contributed by atoms with Gasteiger partial charge in [-0.05, 0) is 36.6 Å². The van der Waals surface area contributed by atoms with Crippen LogP contribution in [0.5, 0.6) is 0 Å².